The number of nitrogens with one attached hydrogen (secondary N) is 1. The summed E-state index contributed by atoms with van der Waals surface area (Å²) in [5.74, 6) is -0.555. The fourth-order valence-electron chi connectivity index (χ4n) is 1.32. The van der Waals surface area contributed by atoms with Gasteiger partial charge in [0.25, 0.3) is 5.91 Å². The van der Waals surface area contributed by atoms with Crippen LogP contribution < -0.4 is 16.8 Å². The molecule has 0 aliphatic carbocycles. The number of carbonyl (C=O) groups excluding carboxylic acids is 1. The van der Waals surface area contributed by atoms with Gasteiger partial charge in [-0.2, -0.15) is 0 Å². The highest BCUT2D eigenvalue weighted by atomic mass is 35.5. The summed E-state index contributed by atoms with van der Waals surface area (Å²) >= 11 is 6.03. The predicted molar refractivity (Wildman–Crippen MR) is 67.8 cm³/mol. The topological polar surface area (TPSA) is 81.1 Å². The van der Waals surface area contributed by atoms with E-state index in [9.17, 15) is 4.79 Å². The van der Waals surface area contributed by atoms with E-state index in [4.69, 9.17) is 23.1 Å². The Balaban J connectivity index is 3.30. The predicted octanol–water partition coefficient (Wildman–Crippen LogP) is 2.23. The number of anilines is 2. The van der Waals surface area contributed by atoms with Crippen molar-refractivity contribution in [1.82, 2.24) is 0 Å². The van der Waals surface area contributed by atoms with Crippen molar-refractivity contribution in [2.24, 2.45) is 5.73 Å². The summed E-state index contributed by atoms with van der Waals surface area (Å²) < 4.78 is 0. The van der Waals surface area contributed by atoms with E-state index in [-0.39, 0.29) is 5.54 Å². The molecule has 0 aromatic heterocycles. The highest BCUT2D eigenvalue weighted by Gasteiger charge is 2.18. The Bertz CT molecular complexity index is 424. The lowest BCUT2D eigenvalue weighted by molar-refractivity contribution is 0.100. The zero-order chi connectivity index (χ0) is 12.5. The number of primary amides is 1. The number of halogens is 1. The average molecular weight is 242 g/mol. The number of rotatable bonds is 2. The lowest BCUT2D eigenvalue weighted by Crippen LogP contribution is -2.28. The van der Waals surface area contributed by atoms with Gasteiger partial charge >= 0.3 is 0 Å². The molecule has 1 aromatic carbocycles. The molecular formula is C11H16ClN3O. The molecule has 5 N–H and O–H groups in total. The standard InChI is InChI=1S/C11H16ClN3O/c1-11(2,3)15-9-7(10(14)16)4-6(13)5-8(9)12/h4-5,15H,13H2,1-3H3,(H2,14,16). The molecule has 0 bridgehead atoms. The van der Waals surface area contributed by atoms with Crippen LogP contribution in [0.4, 0.5) is 11.4 Å². The molecule has 0 saturated carbocycles. The van der Waals surface area contributed by atoms with E-state index in [1.807, 2.05) is 20.8 Å². The maximum absolute atomic E-state index is 11.3. The molecule has 16 heavy (non-hydrogen) atoms. The van der Waals surface area contributed by atoms with Gasteiger partial charge in [-0.15, -0.1) is 0 Å². The molecule has 1 amide bonds. The van der Waals surface area contributed by atoms with E-state index in [0.717, 1.165) is 0 Å². The van der Waals surface area contributed by atoms with Crippen LogP contribution in [0.5, 0.6) is 0 Å². The number of carbonyl (C=O) groups is 1. The smallest absolute Gasteiger partial charge is 0.250 e. The summed E-state index contributed by atoms with van der Waals surface area (Å²) in [5.41, 5.74) is 11.9. The van der Waals surface area contributed by atoms with E-state index in [1.165, 1.54) is 6.07 Å². The van der Waals surface area contributed by atoms with Crippen LogP contribution in [0.15, 0.2) is 12.1 Å². The average Bonchev–Trinajstić information content (AvgIpc) is 2.07. The summed E-state index contributed by atoms with van der Waals surface area (Å²) in [4.78, 5) is 11.3. The lowest BCUT2D eigenvalue weighted by Gasteiger charge is -2.24. The largest absolute Gasteiger partial charge is 0.399 e. The molecule has 0 spiro atoms. The van der Waals surface area contributed by atoms with Gasteiger partial charge in [0.05, 0.1) is 16.3 Å². The van der Waals surface area contributed by atoms with Gasteiger partial charge in [0.2, 0.25) is 0 Å². The third-order valence-electron chi connectivity index (χ3n) is 1.88. The van der Waals surface area contributed by atoms with Crippen LogP contribution in [0.2, 0.25) is 5.02 Å². The van der Waals surface area contributed by atoms with Crippen LogP contribution in [0.1, 0.15) is 31.1 Å². The Morgan fingerprint density at radius 2 is 1.94 bits per heavy atom. The number of hydrogen-bond acceptors (Lipinski definition) is 3. The summed E-state index contributed by atoms with van der Waals surface area (Å²) in [6, 6.07) is 3.10. The number of amides is 1. The molecule has 88 valence electrons. The fourth-order valence-corrected chi connectivity index (χ4v) is 1.60. The van der Waals surface area contributed by atoms with Gasteiger partial charge in [0.15, 0.2) is 0 Å². The highest BCUT2D eigenvalue weighted by Crippen LogP contribution is 2.31. The number of nitrogens with two attached hydrogens (primary N) is 2. The monoisotopic (exact) mass is 241 g/mol. The van der Waals surface area contributed by atoms with Crippen molar-refractivity contribution >= 4 is 28.9 Å². The second-order valence-electron chi connectivity index (χ2n) is 4.66. The molecule has 4 nitrogen and oxygen atoms in total. The van der Waals surface area contributed by atoms with Gasteiger partial charge in [-0.05, 0) is 32.9 Å². The molecular weight excluding hydrogens is 226 g/mol. The first-order valence-electron chi connectivity index (χ1n) is 4.88. The number of hydrogen-bond donors (Lipinski definition) is 3. The normalized spacial score (nSPS) is 11.2. The van der Waals surface area contributed by atoms with Gasteiger partial charge < -0.3 is 16.8 Å². The summed E-state index contributed by atoms with van der Waals surface area (Å²) in [7, 11) is 0. The van der Waals surface area contributed by atoms with Crippen molar-refractivity contribution in [3.05, 3.63) is 22.7 Å². The fraction of sp³-hybridized carbons (Fsp3) is 0.364. The van der Waals surface area contributed by atoms with Crippen LogP contribution in [0.25, 0.3) is 0 Å². The molecule has 1 rings (SSSR count). The zero-order valence-corrected chi connectivity index (χ0v) is 10.4. The van der Waals surface area contributed by atoms with E-state index in [0.29, 0.717) is 22.0 Å². The molecule has 1 aromatic rings. The molecule has 0 radical (unpaired) electrons. The van der Waals surface area contributed by atoms with Crippen LogP contribution in [0, 0.1) is 0 Å². The zero-order valence-electron chi connectivity index (χ0n) is 9.60. The Kier molecular flexibility index (Phi) is 3.33. The molecule has 5 heteroatoms. The summed E-state index contributed by atoms with van der Waals surface area (Å²) in [6.07, 6.45) is 0. The molecule has 0 saturated heterocycles. The lowest BCUT2D eigenvalue weighted by atomic mass is 10.1. The van der Waals surface area contributed by atoms with E-state index in [1.54, 1.807) is 6.07 Å². The Morgan fingerprint density at radius 3 is 2.38 bits per heavy atom. The first kappa shape index (κ1) is 12.6. The van der Waals surface area contributed by atoms with E-state index in [2.05, 4.69) is 5.32 Å². The third kappa shape index (κ3) is 3.03. The minimum absolute atomic E-state index is 0.218. The Morgan fingerprint density at radius 1 is 1.38 bits per heavy atom. The van der Waals surface area contributed by atoms with Gasteiger partial charge in [0, 0.05) is 11.2 Å². The van der Waals surface area contributed by atoms with Gasteiger partial charge in [-0.1, -0.05) is 11.6 Å². The summed E-state index contributed by atoms with van der Waals surface area (Å²) in [6.45, 7) is 5.89. The van der Waals surface area contributed by atoms with Gasteiger partial charge in [-0.25, -0.2) is 0 Å². The Hall–Kier alpha value is -1.42. The molecule has 0 unspecified atom stereocenters. The van der Waals surface area contributed by atoms with E-state index < -0.39 is 5.91 Å². The van der Waals surface area contributed by atoms with Crippen molar-refractivity contribution in [3.8, 4) is 0 Å². The van der Waals surface area contributed by atoms with Crippen LogP contribution in [0.3, 0.4) is 0 Å². The maximum atomic E-state index is 11.3. The van der Waals surface area contributed by atoms with Crippen LogP contribution in [-0.2, 0) is 0 Å². The molecule has 0 fully saturated rings. The second kappa shape index (κ2) is 4.22. The number of benzene rings is 1. The number of nitrogen functional groups attached to an aromatic ring is 1. The van der Waals surface area contributed by atoms with Crippen LogP contribution >= 0.6 is 11.6 Å². The first-order chi connectivity index (χ1) is 7.20. The molecule has 0 heterocycles. The minimum Gasteiger partial charge on any atom is -0.399 e. The van der Waals surface area contributed by atoms with Crippen molar-refractivity contribution in [3.63, 3.8) is 0 Å². The molecule has 0 aliphatic heterocycles. The quantitative estimate of drug-likeness (QED) is 0.695. The molecule has 0 atom stereocenters. The van der Waals surface area contributed by atoms with Crippen molar-refractivity contribution in [2.75, 3.05) is 11.1 Å². The van der Waals surface area contributed by atoms with Crippen molar-refractivity contribution in [2.45, 2.75) is 26.3 Å². The molecule has 0 aliphatic rings. The maximum Gasteiger partial charge on any atom is 0.250 e. The van der Waals surface area contributed by atoms with Crippen LogP contribution in [-0.4, -0.2) is 11.4 Å². The van der Waals surface area contributed by atoms with Crippen molar-refractivity contribution < 1.29 is 4.79 Å². The highest BCUT2D eigenvalue weighted by molar-refractivity contribution is 6.34. The third-order valence-corrected chi connectivity index (χ3v) is 2.18. The van der Waals surface area contributed by atoms with Gasteiger partial charge in [-0.3, -0.25) is 4.79 Å². The first-order valence-corrected chi connectivity index (χ1v) is 5.25. The second-order valence-corrected chi connectivity index (χ2v) is 5.07. The van der Waals surface area contributed by atoms with Gasteiger partial charge in [0.1, 0.15) is 0 Å². The van der Waals surface area contributed by atoms with Crippen molar-refractivity contribution in [1.29, 1.82) is 0 Å². The summed E-state index contributed by atoms with van der Waals surface area (Å²) in [5, 5.41) is 3.53. The Labute approximate surface area is 100.0 Å². The SMILES string of the molecule is CC(C)(C)Nc1c(Cl)cc(N)cc1C(N)=O. The van der Waals surface area contributed by atoms with E-state index >= 15 is 0 Å². The minimum atomic E-state index is -0.555.